The Hall–Kier alpha value is -0.300. The van der Waals surface area contributed by atoms with E-state index in [0.29, 0.717) is 11.8 Å². The average Bonchev–Trinajstić information content (AvgIpc) is 2.03. The van der Waals surface area contributed by atoms with E-state index >= 15 is 0 Å². The number of aliphatic hydroxyl groups is 1. The number of rotatable bonds is 3. The van der Waals surface area contributed by atoms with Crippen molar-refractivity contribution in [3.05, 3.63) is 12.2 Å². The fourth-order valence-corrected chi connectivity index (χ4v) is 2.42. The second-order valence-electron chi connectivity index (χ2n) is 4.65. The van der Waals surface area contributed by atoms with Crippen molar-refractivity contribution in [2.45, 2.75) is 52.1 Å². The predicted molar refractivity (Wildman–Crippen MR) is 56.6 cm³/mol. The quantitative estimate of drug-likeness (QED) is 0.665. The lowest BCUT2D eigenvalue weighted by Gasteiger charge is -2.32. The minimum Gasteiger partial charge on any atom is -0.392 e. The first-order chi connectivity index (χ1) is 6.11. The van der Waals surface area contributed by atoms with Gasteiger partial charge in [0.15, 0.2) is 0 Å². The molecule has 1 aliphatic carbocycles. The van der Waals surface area contributed by atoms with E-state index in [1.54, 1.807) is 0 Å². The third kappa shape index (κ3) is 3.15. The number of aliphatic hydroxyl groups excluding tert-OH is 1. The van der Waals surface area contributed by atoms with Crippen LogP contribution < -0.4 is 0 Å². The van der Waals surface area contributed by atoms with Crippen molar-refractivity contribution in [2.24, 2.45) is 11.8 Å². The highest BCUT2D eigenvalue weighted by Crippen LogP contribution is 2.33. The minimum absolute atomic E-state index is 0.146. The van der Waals surface area contributed by atoms with Gasteiger partial charge in [0.2, 0.25) is 0 Å². The molecule has 0 aromatic rings. The molecule has 0 heterocycles. The molecule has 2 unspecified atom stereocenters. The van der Waals surface area contributed by atoms with Crippen LogP contribution in [0.5, 0.6) is 0 Å². The molecule has 1 nitrogen and oxygen atoms in total. The maximum absolute atomic E-state index is 9.95. The Balaban J connectivity index is 2.43. The van der Waals surface area contributed by atoms with Gasteiger partial charge in [-0.2, -0.15) is 0 Å². The first-order valence-corrected chi connectivity index (χ1v) is 5.43. The van der Waals surface area contributed by atoms with Crippen molar-refractivity contribution in [3.63, 3.8) is 0 Å². The zero-order valence-corrected chi connectivity index (χ0v) is 8.92. The second-order valence-corrected chi connectivity index (χ2v) is 4.65. The molecule has 0 aliphatic heterocycles. The van der Waals surface area contributed by atoms with Gasteiger partial charge in [-0.05, 0) is 31.6 Å². The molecule has 1 rings (SSSR count). The lowest BCUT2D eigenvalue weighted by atomic mass is 9.76. The van der Waals surface area contributed by atoms with Crippen LogP contribution in [-0.4, -0.2) is 11.2 Å². The van der Waals surface area contributed by atoms with Crippen LogP contribution in [-0.2, 0) is 0 Å². The molecule has 13 heavy (non-hydrogen) atoms. The predicted octanol–water partition coefficient (Wildman–Crippen LogP) is 3.14. The van der Waals surface area contributed by atoms with E-state index in [9.17, 15) is 5.11 Å². The summed E-state index contributed by atoms with van der Waals surface area (Å²) < 4.78 is 0. The zero-order chi connectivity index (χ0) is 9.84. The smallest absolute Gasteiger partial charge is 0.0607 e. The molecule has 0 radical (unpaired) electrons. The Morgan fingerprint density at radius 2 is 2.08 bits per heavy atom. The normalized spacial score (nSPS) is 31.3. The molecule has 0 spiro atoms. The SMILES string of the molecule is C=C(C)C[C@H](O)C1CCCCC1C. The fourth-order valence-electron chi connectivity index (χ4n) is 2.42. The fraction of sp³-hybridized carbons (Fsp3) is 0.833. The van der Waals surface area contributed by atoms with Crippen LogP contribution >= 0.6 is 0 Å². The molecule has 76 valence electrons. The monoisotopic (exact) mass is 182 g/mol. The summed E-state index contributed by atoms with van der Waals surface area (Å²) in [5.41, 5.74) is 1.10. The van der Waals surface area contributed by atoms with Crippen molar-refractivity contribution < 1.29 is 5.11 Å². The first kappa shape index (κ1) is 10.8. The Kier molecular flexibility index (Phi) is 3.98. The van der Waals surface area contributed by atoms with Crippen LogP contribution in [0.25, 0.3) is 0 Å². The molecule has 0 amide bonds. The molecule has 3 atom stereocenters. The average molecular weight is 182 g/mol. The van der Waals surface area contributed by atoms with Crippen molar-refractivity contribution in [2.75, 3.05) is 0 Å². The Morgan fingerprint density at radius 1 is 1.46 bits per heavy atom. The highest BCUT2D eigenvalue weighted by Gasteiger charge is 2.27. The van der Waals surface area contributed by atoms with Crippen LogP contribution in [0.2, 0.25) is 0 Å². The third-order valence-corrected chi connectivity index (χ3v) is 3.23. The van der Waals surface area contributed by atoms with Gasteiger partial charge in [0.25, 0.3) is 0 Å². The van der Waals surface area contributed by atoms with Gasteiger partial charge < -0.3 is 5.11 Å². The molecule has 1 saturated carbocycles. The largest absolute Gasteiger partial charge is 0.392 e. The van der Waals surface area contributed by atoms with Crippen molar-refractivity contribution in [3.8, 4) is 0 Å². The van der Waals surface area contributed by atoms with Gasteiger partial charge in [0.1, 0.15) is 0 Å². The van der Waals surface area contributed by atoms with E-state index in [0.717, 1.165) is 12.0 Å². The standard InChI is InChI=1S/C12H22O/c1-9(2)8-12(13)11-7-5-4-6-10(11)3/h10-13H,1,4-8H2,2-3H3/t10?,11?,12-/m0/s1. The maximum Gasteiger partial charge on any atom is 0.0607 e. The lowest BCUT2D eigenvalue weighted by Crippen LogP contribution is -2.29. The van der Waals surface area contributed by atoms with E-state index < -0.39 is 0 Å². The van der Waals surface area contributed by atoms with Gasteiger partial charge in [0.05, 0.1) is 6.10 Å². The third-order valence-electron chi connectivity index (χ3n) is 3.23. The van der Waals surface area contributed by atoms with Crippen molar-refractivity contribution in [1.29, 1.82) is 0 Å². The first-order valence-electron chi connectivity index (χ1n) is 5.43. The molecule has 1 fully saturated rings. The number of hydrogen-bond acceptors (Lipinski definition) is 1. The molecule has 0 aromatic heterocycles. The van der Waals surface area contributed by atoms with E-state index in [-0.39, 0.29) is 6.10 Å². The molecule has 1 aliphatic rings. The summed E-state index contributed by atoms with van der Waals surface area (Å²) in [5.74, 6) is 1.22. The summed E-state index contributed by atoms with van der Waals surface area (Å²) in [7, 11) is 0. The summed E-state index contributed by atoms with van der Waals surface area (Å²) in [6.07, 6.45) is 5.77. The van der Waals surface area contributed by atoms with Gasteiger partial charge in [-0.15, -0.1) is 6.58 Å². The molecule has 1 N–H and O–H groups in total. The second kappa shape index (κ2) is 4.80. The summed E-state index contributed by atoms with van der Waals surface area (Å²) in [6, 6.07) is 0. The van der Waals surface area contributed by atoms with E-state index in [2.05, 4.69) is 13.5 Å². The molecule has 1 heteroatoms. The van der Waals surface area contributed by atoms with Gasteiger partial charge in [-0.1, -0.05) is 31.8 Å². The van der Waals surface area contributed by atoms with E-state index in [1.807, 2.05) is 6.92 Å². The maximum atomic E-state index is 9.95. The molecular formula is C12H22O. The topological polar surface area (TPSA) is 20.2 Å². The molecular weight excluding hydrogens is 160 g/mol. The summed E-state index contributed by atoms with van der Waals surface area (Å²) in [6.45, 7) is 8.12. The number of hydrogen-bond donors (Lipinski definition) is 1. The van der Waals surface area contributed by atoms with Crippen LogP contribution in [0.4, 0.5) is 0 Å². The summed E-state index contributed by atoms with van der Waals surface area (Å²) in [5, 5.41) is 9.95. The summed E-state index contributed by atoms with van der Waals surface area (Å²) in [4.78, 5) is 0. The Morgan fingerprint density at radius 3 is 2.62 bits per heavy atom. The van der Waals surface area contributed by atoms with Crippen LogP contribution in [0.3, 0.4) is 0 Å². The van der Waals surface area contributed by atoms with Crippen molar-refractivity contribution in [1.82, 2.24) is 0 Å². The Bertz CT molecular complexity index is 174. The van der Waals surface area contributed by atoms with Gasteiger partial charge >= 0.3 is 0 Å². The van der Waals surface area contributed by atoms with Gasteiger partial charge in [-0.25, -0.2) is 0 Å². The van der Waals surface area contributed by atoms with Gasteiger partial charge in [0, 0.05) is 0 Å². The van der Waals surface area contributed by atoms with Crippen LogP contribution in [0.15, 0.2) is 12.2 Å². The lowest BCUT2D eigenvalue weighted by molar-refractivity contribution is 0.0541. The van der Waals surface area contributed by atoms with Crippen molar-refractivity contribution >= 4 is 0 Å². The zero-order valence-electron chi connectivity index (χ0n) is 8.92. The highest BCUT2D eigenvalue weighted by atomic mass is 16.3. The molecule has 0 aromatic carbocycles. The Labute approximate surface area is 81.9 Å². The van der Waals surface area contributed by atoms with E-state index in [1.165, 1.54) is 25.7 Å². The molecule has 0 saturated heterocycles. The van der Waals surface area contributed by atoms with Crippen LogP contribution in [0, 0.1) is 11.8 Å². The summed E-state index contributed by atoms with van der Waals surface area (Å²) >= 11 is 0. The van der Waals surface area contributed by atoms with Gasteiger partial charge in [-0.3, -0.25) is 0 Å². The minimum atomic E-state index is -0.146. The van der Waals surface area contributed by atoms with Crippen LogP contribution in [0.1, 0.15) is 46.0 Å². The highest BCUT2D eigenvalue weighted by molar-refractivity contribution is 4.93. The molecule has 0 bridgehead atoms. The van der Waals surface area contributed by atoms with E-state index in [4.69, 9.17) is 0 Å².